The molecule has 1 aliphatic carbocycles. The molecule has 0 heterocycles. The Hall–Kier alpha value is -2.03. The molecule has 3 rings (SSSR count). The highest BCUT2D eigenvalue weighted by molar-refractivity contribution is 7.92. The van der Waals surface area contributed by atoms with E-state index in [1.807, 2.05) is 0 Å². The van der Waals surface area contributed by atoms with Gasteiger partial charge < -0.3 is 0 Å². The predicted octanol–water partition coefficient (Wildman–Crippen LogP) is 4.89. The van der Waals surface area contributed by atoms with Crippen LogP contribution < -0.4 is 0 Å². The van der Waals surface area contributed by atoms with E-state index < -0.39 is 26.2 Å². The number of rotatable bonds is 6. The lowest BCUT2D eigenvalue weighted by molar-refractivity contribution is -0.170. The van der Waals surface area contributed by atoms with Crippen molar-refractivity contribution in [3.8, 4) is 0 Å². The number of sulfone groups is 1. The van der Waals surface area contributed by atoms with Gasteiger partial charge in [-0.25, -0.2) is 22.3 Å². The van der Waals surface area contributed by atoms with Crippen LogP contribution in [0, 0.1) is 17.6 Å². The lowest BCUT2D eigenvalue weighted by Crippen LogP contribution is -2.41. The summed E-state index contributed by atoms with van der Waals surface area (Å²) in [6.45, 7) is 0. The maximum absolute atomic E-state index is 14.8. The van der Waals surface area contributed by atoms with Gasteiger partial charge in [0, 0.05) is 24.1 Å². The van der Waals surface area contributed by atoms with Crippen molar-refractivity contribution >= 4 is 27.3 Å². The summed E-state index contributed by atoms with van der Waals surface area (Å²) >= 11 is 5.90. The van der Waals surface area contributed by atoms with E-state index in [0.717, 1.165) is 23.3 Å². The summed E-state index contributed by atoms with van der Waals surface area (Å²) in [6.07, 6.45) is 1.05. The number of hydrogen-bond acceptors (Lipinski definition) is 4. The minimum absolute atomic E-state index is 0.00537. The number of benzene rings is 2. The van der Waals surface area contributed by atoms with Crippen molar-refractivity contribution in [2.75, 3.05) is 14.2 Å². The molecule has 1 saturated carbocycles. The molecular weight excluding hydrogens is 448 g/mol. The van der Waals surface area contributed by atoms with Gasteiger partial charge in [0.2, 0.25) is 5.91 Å². The van der Waals surface area contributed by atoms with E-state index in [0.29, 0.717) is 17.9 Å². The highest BCUT2D eigenvalue weighted by Crippen LogP contribution is 2.49. The minimum atomic E-state index is -4.09. The number of carbonyl (C=O) groups excluding carboxylic acids is 1. The molecule has 2 aromatic carbocycles. The first-order valence-electron chi connectivity index (χ1n) is 9.87. The quantitative estimate of drug-likeness (QED) is 0.563. The number of hydroxylamine groups is 2. The number of amides is 1. The Bertz CT molecular complexity index is 1050. The van der Waals surface area contributed by atoms with Gasteiger partial charge in [0.25, 0.3) is 0 Å². The van der Waals surface area contributed by atoms with E-state index in [1.54, 1.807) is 0 Å². The summed E-state index contributed by atoms with van der Waals surface area (Å²) in [6, 6.07) is 8.54. The third-order valence-corrected chi connectivity index (χ3v) is 8.86. The molecule has 1 fully saturated rings. The Morgan fingerprint density at radius 3 is 2.35 bits per heavy atom. The zero-order valence-electron chi connectivity index (χ0n) is 17.3. The monoisotopic (exact) mass is 471 g/mol. The van der Waals surface area contributed by atoms with Crippen LogP contribution in [-0.4, -0.2) is 33.5 Å². The van der Waals surface area contributed by atoms with E-state index in [4.69, 9.17) is 16.4 Å². The fourth-order valence-electron chi connectivity index (χ4n) is 4.19. The van der Waals surface area contributed by atoms with Crippen LogP contribution in [0.1, 0.15) is 37.7 Å². The molecule has 1 amide bonds. The normalized spacial score (nSPS) is 21.6. The van der Waals surface area contributed by atoms with Crippen molar-refractivity contribution in [3.63, 3.8) is 0 Å². The lowest BCUT2D eigenvalue weighted by Gasteiger charge is -2.40. The van der Waals surface area contributed by atoms with E-state index in [9.17, 15) is 22.0 Å². The molecular formula is C22H24ClF2NO4S. The van der Waals surface area contributed by atoms with Gasteiger partial charge in [0.05, 0.1) is 12.0 Å². The second-order valence-electron chi connectivity index (χ2n) is 7.80. The molecule has 0 bridgehead atoms. The van der Waals surface area contributed by atoms with Crippen molar-refractivity contribution in [1.82, 2.24) is 5.06 Å². The van der Waals surface area contributed by atoms with Crippen molar-refractivity contribution < 1.29 is 26.8 Å². The van der Waals surface area contributed by atoms with Gasteiger partial charge in [-0.15, -0.1) is 0 Å². The molecule has 9 heteroatoms. The van der Waals surface area contributed by atoms with E-state index in [1.165, 1.54) is 38.4 Å². The first kappa shape index (κ1) is 23.6. The molecule has 0 N–H and O–H groups in total. The molecule has 0 unspecified atom stereocenters. The van der Waals surface area contributed by atoms with Gasteiger partial charge >= 0.3 is 0 Å². The smallest absolute Gasteiger partial charge is 0.246 e. The van der Waals surface area contributed by atoms with Crippen LogP contribution in [-0.2, 0) is 24.2 Å². The minimum Gasteiger partial charge on any atom is -0.275 e. The Morgan fingerprint density at radius 1 is 1.16 bits per heavy atom. The zero-order valence-corrected chi connectivity index (χ0v) is 18.8. The van der Waals surface area contributed by atoms with Crippen LogP contribution in [0.3, 0.4) is 0 Å². The van der Waals surface area contributed by atoms with Crippen molar-refractivity contribution in [2.45, 2.75) is 41.7 Å². The number of hydrogen-bond donors (Lipinski definition) is 0. The molecule has 0 spiro atoms. The molecule has 0 saturated heterocycles. The van der Waals surface area contributed by atoms with Gasteiger partial charge in [-0.2, -0.15) is 0 Å². The predicted molar refractivity (Wildman–Crippen MR) is 113 cm³/mol. The van der Waals surface area contributed by atoms with E-state index >= 15 is 0 Å². The van der Waals surface area contributed by atoms with Gasteiger partial charge in [0.15, 0.2) is 9.84 Å². The van der Waals surface area contributed by atoms with Crippen LogP contribution in [0.15, 0.2) is 47.4 Å². The molecule has 0 radical (unpaired) electrons. The average Bonchev–Trinajstić information content (AvgIpc) is 2.75. The SMILES string of the molecule is CON(C)C(=O)C[C@H]1CC[C@@](c2cc(F)ccc2F)(S(=O)(=O)c2ccc(Cl)cc2)CC1. The summed E-state index contributed by atoms with van der Waals surface area (Å²) in [4.78, 5) is 17.1. The Morgan fingerprint density at radius 2 is 1.77 bits per heavy atom. The Labute approximate surface area is 185 Å². The van der Waals surface area contributed by atoms with Crippen LogP contribution in [0.25, 0.3) is 0 Å². The second kappa shape index (κ2) is 9.22. The van der Waals surface area contributed by atoms with Crippen LogP contribution in [0.2, 0.25) is 5.02 Å². The van der Waals surface area contributed by atoms with Crippen LogP contribution >= 0.6 is 11.6 Å². The molecule has 2 aromatic rings. The number of carbonyl (C=O) groups is 1. The van der Waals surface area contributed by atoms with Gasteiger partial charge in [0.1, 0.15) is 16.4 Å². The largest absolute Gasteiger partial charge is 0.275 e. The summed E-state index contributed by atoms with van der Waals surface area (Å²) in [7, 11) is -1.20. The third-order valence-electron chi connectivity index (χ3n) is 6.06. The van der Waals surface area contributed by atoms with E-state index in [-0.39, 0.29) is 41.5 Å². The summed E-state index contributed by atoms with van der Waals surface area (Å²) in [5.41, 5.74) is -0.179. The first-order valence-corrected chi connectivity index (χ1v) is 11.7. The maximum Gasteiger partial charge on any atom is 0.246 e. The molecule has 168 valence electrons. The average molecular weight is 472 g/mol. The molecule has 0 aliphatic heterocycles. The number of nitrogens with zero attached hydrogens (tertiary/aromatic N) is 1. The third kappa shape index (κ3) is 4.61. The Kier molecular flexibility index (Phi) is 7.03. The number of halogens is 3. The topological polar surface area (TPSA) is 63.7 Å². The van der Waals surface area contributed by atoms with Crippen LogP contribution in [0.4, 0.5) is 8.78 Å². The second-order valence-corrected chi connectivity index (χ2v) is 10.5. The summed E-state index contributed by atoms with van der Waals surface area (Å²) in [5.74, 6) is -1.79. The lowest BCUT2D eigenvalue weighted by atomic mass is 9.76. The van der Waals surface area contributed by atoms with Crippen molar-refractivity contribution in [1.29, 1.82) is 0 Å². The van der Waals surface area contributed by atoms with Crippen molar-refractivity contribution in [2.24, 2.45) is 5.92 Å². The summed E-state index contributed by atoms with van der Waals surface area (Å²) in [5, 5.41) is 1.49. The fraction of sp³-hybridized carbons (Fsp3) is 0.409. The van der Waals surface area contributed by atoms with Gasteiger partial charge in [-0.3, -0.25) is 9.63 Å². The standard InChI is InChI=1S/C22H24ClF2NO4S/c1-26(30-2)21(27)13-15-9-11-22(12-10-15,19-14-17(24)5-8-20(19)25)31(28,29)18-6-3-16(23)4-7-18/h3-8,14-15H,9-13H2,1-2H3/t15-,22+. The van der Waals surface area contributed by atoms with Gasteiger partial charge in [-0.05, 0) is 74.1 Å². The molecule has 0 aromatic heterocycles. The Balaban J connectivity index is 2.01. The van der Waals surface area contributed by atoms with E-state index in [2.05, 4.69) is 0 Å². The molecule has 31 heavy (non-hydrogen) atoms. The van der Waals surface area contributed by atoms with Crippen LogP contribution in [0.5, 0.6) is 0 Å². The molecule has 5 nitrogen and oxygen atoms in total. The zero-order chi connectivity index (χ0) is 22.8. The molecule has 0 atom stereocenters. The maximum atomic E-state index is 14.8. The molecule has 1 aliphatic rings. The highest BCUT2D eigenvalue weighted by Gasteiger charge is 2.50. The first-order chi connectivity index (χ1) is 14.6. The summed E-state index contributed by atoms with van der Waals surface area (Å²) < 4.78 is 54.7. The highest BCUT2D eigenvalue weighted by atomic mass is 35.5. The van der Waals surface area contributed by atoms with Gasteiger partial charge in [-0.1, -0.05) is 11.6 Å². The fourth-order valence-corrected chi connectivity index (χ4v) is 6.48. The van der Waals surface area contributed by atoms with Crippen molar-refractivity contribution in [3.05, 3.63) is 64.7 Å².